The van der Waals surface area contributed by atoms with Gasteiger partial charge in [-0.05, 0) is 55.4 Å². The van der Waals surface area contributed by atoms with Gasteiger partial charge in [0.25, 0.3) is 5.91 Å². The van der Waals surface area contributed by atoms with Crippen molar-refractivity contribution in [2.24, 2.45) is 16.5 Å². The molecule has 1 aliphatic carbocycles. The Balaban J connectivity index is 1.13. The van der Waals surface area contributed by atoms with Gasteiger partial charge >= 0.3 is 6.03 Å². The van der Waals surface area contributed by atoms with Gasteiger partial charge in [0.05, 0.1) is 23.5 Å². The highest BCUT2D eigenvalue weighted by molar-refractivity contribution is 7.89. The zero-order valence-electron chi connectivity index (χ0n) is 22.7. The van der Waals surface area contributed by atoms with E-state index in [9.17, 15) is 18.0 Å². The predicted molar refractivity (Wildman–Crippen MR) is 144 cm³/mol. The number of oxime groups is 1. The Labute approximate surface area is 230 Å². The summed E-state index contributed by atoms with van der Waals surface area (Å²) in [4.78, 5) is 40.3. The molecule has 0 radical (unpaired) electrons. The van der Waals surface area contributed by atoms with Gasteiger partial charge in [0, 0.05) is 19.0 Å². The largest absolute Gasteiger partial charge is 0.382 e. The van der Waals surface area contributed by atoms with Crippen LogP contribution in [0, 0.1) is 11.3 Å². The zero-order valence-corrected chi connectivity index (χ0v) is 23.5. The molecule has 212 valence electrons. The summed E-state index contributed by atoms with van der Waals surface area (Å²) in [6.45, 7) is 5.19. The van der Waals surface area contributed by atoms with Crippen LogP contribution in [0.25, 0.3) is 0 Å². The second kappa shape index (κ2) is 10.1. The Hall–Kier alpha value is -2.66. The van der Waals surface area contributed by atoms with Crippen LogP contribution in [-0.4, -0.2) is 76.9 Å². The lowest BCUT2D eigenvalue weighted by atomic mass is 9.79. The third kappa shape index (κ3) is 4.92. The van der Waals surface area contributed by atoms with Crippen molar-refractivity contribution in [3.63, 3.8) is 0 Å². The SMILES string of the molecule is CC1(C)CC2CC1CCCCS(=O)(=O)N2C(=O)[C@H]1CC([C@@H]2CCC3CN2C(=O)N3OCc2ccccc2)=NO1. The number of hydroxylamine groups is 2. The summed E-state index contributed by atoms with van der Waals surface area (Å²) in [5, 5.41) is 5.72. The van der Waals surface area contributed by atoms with Gasteiger partial charge in [-0.25, -0.2) is 17.5 Å². The average Bonchev–Trinajstić information content (AvgIpc) is 3.58. The standard InChI is InChI=1S/C28H38N4O6S/c1-28(2)16-22-14-20(28)10-6-7-13-39(35,36)32(22)26(33)25-15-23(29-38-25)24-12-11-21-17-30(24)27(34)31(21)37-18-19-8-4-3-5-9-19/h3-5,8-9,20-22,24-25H,6-7,10-18H2,1-2H3/t20?,21?,22?,24-,25+/m0/s1. The number of carbonyl (C=O) groups excluding carboxylic acids is 2. The molecular weight excluding hydrogens is 520 g/mol. The number of urea groups is 1. The molecule has 4 bridgehead atoms. The van der Waals surface area contributed by atoms with Crippen LogP contribution < -0.4 is 0 Å². The van der Waals surface area contributed by atoms with Crippen molar-refractivity contribution in [3.05, 3.63) is 35.9 Å². The Bertz CT molecular complexity index is 1250. The fourth-order valence-corrected chi connectivity index (χ4v) is 9.01. The fraction of sp³-hybridized carbons (Fsp3) is 0.679. The first-order valence-corrected chi connectivity index (χ1v) is 15.8. The maximum Gasteiger partial charge on any atom is 0.344 e. The number of nitrogens with zero attached hydrogens (tertiary/aromatic N) is 4. The average molecular weight is 559 g/mol. The van der Waals surface area contributed by atoms with Crippen LogP contribution in [0.1, 0.15) is 70.8 Å². The second-order valence-electron chi connectivity index (χ2n) is 12.4. The van der Waals surface area contributed by atoms with Crippen molar-refractivity contribution in [2.45, 2.75) is 96.1 Å². The van der Waals surface area contributed by atoms with Gasteiger partial charge in [-0.2, -0.15) is 5.06 Å². The number of piperidine rings is 1. The van der Waals surface area contributed by atoms with Gasteiger partial charge in [0.15, 0.2) is 0 Å². The van der Waals surface area contributed by atoms with Crippen LogP contribution >= 0.6 is 0 Å². The van der Waals surface area contributed by atoms with E-state index in [1.807, 2.05) is 30.3 Å². The van der Waals surface area contributed by atoms with E-state index in [0.29, 0.717) is 50.5 Å². The van der Waals surface area contributed by atoms with E-state index in [4.69, 9.17) is 9.68 Å². The Kier molecular flexibility index (Phi) is 6.86. The summed E-state index contributed by atoms with van der Waals surface area (Å²) < 4.78 is 27.9. The molecule has 0 aromatic heterocycles. The molecule has 3 saturated heterocycles. The molecule has 1 saturated carbocycles. The second-order valence-corrected chi connectivity index (χ2v) is 14.3. The summed E-state index contributed by atoms with van der Waals surface area (Å²) in [7, 11) is -3.76. The molecule has 5 atom stereocenters. The van der Waals surface area contributed by atoms with Gasteiger partial charge in [-0.3, -0.25) is 9.63 Å². The molecule has 3 unspecified atom stereocenters. The van der Waals surface area contributed by atoms with E-state index >= 15 is 0 Å². The third-order valence-corrected chi connectivity index (χ3v) is 11.2. The molecule has 11 heteroatoms. The van der Waals surface area contributed by atoms with Crippen molar-refractivity contribution in [3.8, 4) is 0 Å². The quantitative estimate of drug-likeness (QED) is 0.546. The Morgan fingerprint density at radius 1 is 1.13 bits per heavy atom. The van der Waals surface area contributed by atoms with Crippen LogP contribution in [0.3, 0.4) is 0 Å². The molecule has 4 fully saturated rings. The molecule has 10 nitrogen and oxygen atoms in total. The fourth-order valence-electron chi connectivity index (χ4n) is 7.24. The van der Waals surface area contributed by atoms with Crippen molar-refractivity contribution in [1.29, 1.82) is 0 Å². The molecule has 5 aliphatic rings. The van der Waals surface area contributed by atoms with Gasteiger partial charge in [-0.1, -0.05) is 55.8 Å². The van der Waals surface area contributed by atoms with Gasteiger partial charge in [0.2, 0.25) is 16.1 Å². The molecule has 4 heterocycles. The molecule has 1 aromatic carbocycles. The van der Waals surface area contributed by atoms with Gasteiger partial charge in [0.1, 0.15) is 6.61 Å². The molecule has 6 rings (SSSR count). The van der Waals surface area contributed by atoms with Crippen LogP contribution in [0.5, 0.6) is 0 Å². The number of carbonyl (C=O) groups is 2. The topological polar surface area (TPSA) is 109 Å². The minimum absolute atomic E-state index is 0.0164. The number of amides is 3. The number of hydrogen-bond donors (Lipinski definition) is 0. The van der Waals surface area contributed by atoms with E-state index in [-0.39, 0.29) is 41.7 Å². The summed E-state index contributed by atoms with van der Waals surface area (Å²) in [5.41, 5.74) is 1.59. The summed E-state index contributed by atoms with van der Waals surface area (Å²) >= 11 is 0. The normalized spacial score (nSPS) is 33.3. The predicted octanol–water partition coefficient (Wildman–Crippen LogP) is 3.68. The van der Waals surface area contributed by atoms with Crippen molar-refractivity contribution in [1.82, 2.24) is 14.3 Å². The smallest absolute Gasteiger partial charge is 0.344 e. The lowest BCUT2D eigenvalue weighted by Crippen LogP contribution is -2.50. The highest BCUT2D eigenvalue weighted by atomic mass is 32.2. The van der Waals surface area contributed by atoms with Crippen LogP contribution in [0.4, 0.5) is 4.79 Å². The van der Waals surface area contributed by atoms with E-state index in [0.717, 1.165) is 29.1 Å². The van der Waals surface area contributed by atoms with E-state index < -0.39 is 22.0 Å². The third-order valence-electron chi connectivity index (χ3n) is 9.36. The minimum Gasteiger partial charge on any atom is -0.382 e. The van der Waals surface area contributed by atoms with E-state index in [2.05, 4.69) is 19.0 Å². The van der Waals surface area contributed by atoms with Gasteiger partial charge in [-0.15, -0.1) is 0 Å². The van der Waals surface area contributed by atoms with Crippen molar-refractivity contribution >= 4 is 27.7 Å². The lowest BCUT2D eigenvalue weighted by Gasteiger charge is -2.32. The number of rotatable bonds is 5. The number of fused-ring (bicyclic) bond motifs is 4. The van der Waals surface area contributed by atoms with E-state index in [1.54, 1.807) is 4.90 Å². The van der Waals surface area contributed by atoms with Crippen molar-refractivity contribution in [2.75, 3.05) is 12.3 Å². The van der Waals surface area contributed by atoms with Crippen LogP contribution in [0.15, 0.2) is 35.5 Å². The Morgan fingerprint density at radius 2 is 1.92 bits per heavy atom. The number of benzene rings is 1. The summed E-state index contributed by atoms with van der Waals surface area (Å²) in [5.74, 6) is -0.148. The first-order chi connectivity index (χ1) is 18.6. The highest BCUT2D eigenvalue weighted by Gasteiger charge is 2.52. The van der Waals surface area contributed by atoms with E-state index in [1.165, 1.54) is 5.06 Å². The molecule has 1 aromatic rings. The van der Waals surface area contributed by atoms with Crippen LogP contribution in [0.2, 0.25) is 0 Å². The van der Waals surface area contributed by atoms with Crippen molar-refractivity contribution < 1.29 is 27.7 Å². The molecule has 3 amide bonds. The number of sulfonamides is 1. The molecule has 0 N–H and O–H groups in total. The van der Waals surface area contributed by atoms with Gasteiger partial charge < -0.3 is 9.74 Å². The monoisotopic (exact) mass is 558 g/mol. The molecule has 0 spiro atoms. The first kappa shape index (κ1) is 26.6. The molecule has 39 heavy (non-hydrogen) atoms. The Morgan fingerprint density at radius 3 is 2.72 bits per heavy atom. The first-order valence-electron chi connectivity index (χ1n) is 14.2. The van der Waals surface area contributed by atoms with Crippen LogP contribution in [-0.2, 0) is 31.1 Å². The molecule has 4 aliphatic heterocycles. The molecular formula is C28H38N4O6S. The highest BCUT2D eigenvalue weighted by Crippen LogP contribution is 2.48. The zero-order chi connectivity index (χ0) is 27.4. The maximum atomic E-state index is 13.8. The number of hydrogen-bond acceptors (Lipinski definition) is 7. The maximum absolute atomic E-state index is 13.8. The summed E-state index contributed by atoms with van der Waals surface area (Å²) in [6.07, 6.45) is 4.40. The lowest BCUT2D eigenvalue weighted by molar-refractivity contribution is -0.140. The summed E-state index contributed by atoms with van der Waals surface area (Å²) in [6, 6.07) is 8.83. The minimum atomic E-state index is -3.76.